The quantitative estimate of drug-likeness (QED) is 0.778. The van der Waals surface area contributed by atoms with Crippen LogP contribution in [0, 0.1) is 0 Å². The summed E-state index contributed by atoms with van der Waals surface area (Å²) in [5, 5.41) is 0.703. The van der Waals surface area contributed by atoms with Crippen LogP contribution in [0.5, 0.6) is 5.75 Å². The molecule has 4 heteroatoms. The van der Waals surface area contributed by atoms with E-state index < -0.39 is 0 Å². The molecule has 3 nitrogen and oxygen atoms in total. The second-order valence-electron chi connectivity index (χ2n) is 3.54. The van der Waals surface area contributed by atoms with E-state index in [-0.39, 0.29) is 5.91 Å². The molecule has 0 radical (unpaired) electrons. The molecule has 0 aliphatic rings. The number of hydrogen-bond donors (Lipinski definition) is 0. The van der Waals surface area contributed by atoms with E-state index in [9.17, 15) is 4.79 Å². The normalized spacial score (nSPS) is 9.94. The van der Waals surface area contributed by atoms with Gasteiger partial charge in [0.05, 0.1) is 7.11 Å². The maximum atomic E-state index is 11.6. The number of rotatable bonds is 5. The zero-order chi connectivity index (χ0) is 12.0. The van der Waals surface area contributed by atoms with Gasteiger partial charge in [-0.1, -0.05) is 28.1 Å². The minimum Gasteiger partial charge on any atom is -0.497 e. The molecule has 0 bridgehead atoms. The van der Waals surface area contributed by atoms with Crippen molar-refractivity contribution in [3.63, 3.8) is 0 Å². The van der Waals surface area contributed by atoms with Gasteiger partial charge in [-0.15, -0.1) is 0 Å². The summed E-state index contributed by atoms with van der Waals surface area (Å²) < 4.78 is 5.13. The molecule has 0 spiro atoms. The van der Waals surface area contributed by atoms with Crippen molar-refractivity contribution >= 4 is 21.8 Å². The monoisotopic (exact) mass is 285 g/mol. The summed E-state index contributed by atoms with van der Waals surface area (Å²) in [6, 6.07) is 7.75. The highest BCUT2D eigenvalue weighted by molar-refractivity contribution is 9.09. The number of nitrogens with zero attached hydrogens (tertiary/aromatic N) is 1. The summed E-state index contributed by atoms with van der Waals surface area (Å²) in [7, 11) is 3.45. The Balaban J connectivity index is 2.61. The van der Waals surface area contributed by atoms with E-state index in [4.69, 9.17) is 4.74 Å². The number of alkyl halides is 1. The molecular weight excluding hydrogens is 270 g/mol. The van der Waals surface area contributed by atoms with Crippen LogP contribution in [0.3, 0.4) is 0 Å². The molecule has 0 N–H and O–H groups in total. The first-order chi connectivity index (χ1) is 7.67. The largest absolute Gasteiger partial charge is 0.497 e. The highest BCUT2D eigenvalue weighted by Crippen LogP contribution is 2.14. The average molecular weight is 286 g/mol. The molecule has 88 valence electrons. The molecule has 0 aromatic heterocycles. The van der Waals surface area contributed by atoms with Crippen LogP contribution in [0.1, 0.15) is 12.0 Å². The molecule has 1 aromatic carbocycles. The molecule has 0 saturated carbocycles. The Hall–Kier alpha value is -1.03. The summed E-state index contributed by atoms with van der Waals surface area (Å²) in [6.07, 6.45) is 0.528. The molecule has 1 rings (SSSR count). The first-order valence-electron chi connectivity index (χ1n) is 5.10. The molecule has 1 amide bonds. The lowest BCUT2D eigenvalue weighted by Gasteiger charge is -2.17. The first kappa shape index (κ1) is 13.0. The molecule has 16 heavy (non-hydrogen) atoms. The Labute approximate surface area is 105 Å². The second kappa shape index (κ2) is 6.53. The SMILES string of the molecule is COc1cccc(CN(C)C(=O)CCBr)c1. The summed E-state index contributed by atoms with van der Waals surface area (Å²) in [4.78, 5) is 13.3. The molecular formula is C12H16BrNO2. The Kier molecular flexibility index (Phi) is 5.32. The predicted molar refractivity (Wildman–Crippen MR) is 67.9 cm³/mol. The van der Waals surface area contributed by atoms with E-state index >= 15 is 0 Å². The van der Waals surface area contributed by atoms with Crippen molar-refractivity contribution in [3.8, 4) is 5.75 Å². The smallest absolute Gasteiger partial charge is 0.223 e. The van der Waals surface area contributed by atoms with E-state index in [2.05, 4.69) is 15.9 Å². The number of amides is 1. The van der Waals surface area contributed by atoms with Gasteiger partial charge in [0, 0.05) is 25.3 Å². The minimum atomic E-state index is 0.139. The maximum absolute atomic E-state index is 11.6. The van der Waals surface area contributed by atoms with Crippen LogP contribution in [-0.2, 0) is 11.3 Å². The number of ether oxygens (including phenoxy) is 1. The molecule has 0 unspecified atom stereocenters. The molecule has 0 fully saturated rings. The van der Waals surface area contributed by atoms with Crippen molar-refractivity contribution in [1.29, 1.82) is 0 Å². The second-order valence-corrected chi connectivity index (χ2v) is 4.33. The van der Waals surface area contributed by atoms with E-state index in [0.717, 1.165) is 11.3 Å². The minimum absolute atomic E-state index is 0.139. The number of carbonyl (C=O) groups is 1. The van der Waals surface area contributed by atoms with Crippen LogP contribution in [0.25, 0.3) is 0 Å². The average Bonchev–Trinajstić information content (AvgIpc) is 2.29. The lowest BCUT2D eigenvalue weighted by Crippen LogP contribution is -2.26. The van der Waals surface area contributed by atoms with Crippen LogP contribution in [0.4, 0.5) is 0 Å². The van der Waals surface area contributed by atoms with Gasteiger partial charge >= 0.3 is 0 Å². The van der Waals surface area contributed by atoms with Gasteiger partial charge in [0.25, 0.3) is 0 Å². The summed E-state index contributed by atoms with van der Waals surface area (Å²) in [5.41, 5.74) is 1.07. The molecule has 0 aliphatic heterocycles. The topological polar surface area (TPSA) is 29.5 Å². The third-order valence-electron chi connectivity index (χ3n) is 2.29. The summed E-state index contributed by atoms with van der Waals surface area (Å²) in [5.74, 6) is 0.957. The van der Waals surface area contributed by atoms with Gasteiger partial charge in [0.2, 0.25) is 5.91 Å². The number of benzene rings is 1. The third-order valence-corrected chi connectivity index (χ3v) is 2.68. The lowest BCUT2D eigenvalue weighted by atomic mass is 10.2. The molecule has 1 aromatic rings. The Morgan fingerprint density at radius 1 is 1.50 bits per heavy atom. The van der Waals surface area contributed by atoms with Gasteiger partial charge in [0.1, 0.15) is 5.75 Å². The van der Waals surface area contributed by atoms with Gasteiger partial charge in [0.15, 0.2) is 0 Å². The number of halogens is 1. The van der Waals surface area contributed by atoms with Crippen molar-refractivity contribution in [2.45, 2.75) is 13.0 Å². The number of carbonyl (C=O) groups excluding carboxylic acids is 1. The Morgan fingerprint density at radius 2 is 2.25 bits per heavy atom. The van der Waals surface area contributed by atoms with Crippen molar-refractivity contribution in [3.05, 3.63) is 29.8 Å². The third kappa shape index (κ3) is 3.85. The van der Waals surface area contributed by atoms with E-state index in [0.29, 0.717) is 18.3 Å². The summed E-state index contributed by atoms with van der Waals surface area (Å²) in [6.45, 7) is 0.614. The van der Waals surface area contributed by atoms with Gasteiger partial charge in [-0.05, 0) is 17.7 Å². The van der Waals surface area contributed by atoms with Crippen LogP contribution in [0.2, 0.25) is 0 Å². The standard InChI is InChI=1S/C12H16BrNO2/c1-14(12(15)6-7-13)9-10-4-3-5-11(8-10)16-2/h3-5,8H,6-7,9H2,1-2H3. The molecule has 0 saturated heterocycles. The van der Waals surface area contributed by atoms with E-state index in [1.807, 2.05) is 31.3 Å². The number of methoxy groups -OCH3 is 1. The van der Waals surface area contributed by atoms with Crippen LogP contribution >= 0.6 is 15.9 Å². The van der Waals surface area contributed by atoms with Gasteiger partial charge in [-0.2, -0.15) is 0 Å². The fraction of sp³-hybridized carbons (Fsp3) is 0.417. The van der Waals surface area contributed by atoms with Crippen LogP contribution < -0.4 is 4.74 Å². The fourth-order valence-corrected chi connectivity index (χ4v) is 1.74. The van der Waals surface area contributed by atoms with Crippen LogP contribution in [0.15, 0.2) is 24.3 Å². The van der Waals surface area contributed by atoms with Crippen molar-refractivity contribution in [2.75, 3.05) is 19.5 Å². The van der Waals surface area contributed by atoms with E-state index in [1.165, 1.54) is 0 Å². The van der Waals surface area contributed by atoms with Gasteiger partial charge in [-0.3, -0.25) is 4.79 Å². The number of hydrogen-bond acceptors (Lipinski definition) is 2. The maximum Gasteiger partial charge on any atom is 0.223 e. The van der Waals surface area contributed by atoms with Crippen molar-refractivity contribution < 1.29 is 9.53 Å². The summed E-state index contributed by atoms with van der Waals surface area (Å²) >= 11 is 3.26. The van der Waals surface area contributed by atoms with Gasteiger partial charge < -0.3 is 9.64 Å². The molecule has 0 heterocycles. The highest BCUT2D eigenvalue weighted by Gasteiger charge is 2.08. The Bertz CT molecular complexity index is 355. The van der Waals surface area contributed by atoms with Crippen molar-refractivity contribution in [1.82, 2.24) is 4.90 Å². The Morgan fingerprint density at radius 3 is 2.88 bits per heavy atom. The molecule has 0 atom stereocenters. The first-order valence-corrected chi connectivity index (χ1v) is 6.22. The predicted octanol–water partition coefficient (Wildman–Crippen LogP) is 2.44. The zero-order valence-corrected chi connectivity index (χ0v) is 11.2. The highest BCUT2D eigenvalue weighted by atomic mass is 79.9. The van der Waals surface area contributed by atoms with Gasteiger partial charge in [-0.25, -0.2) is 0 Å². The fourth-order valence-electron chi connectivity index (χ4n) is 1.40. The zero-order valence-electron chi connectivity index (χ0n) is 9.57. The van der Waals surface area contributed by atoms with E-state index in [1.54, 1.807) is 12.0 Å². The van der Waals surface area contributed by atoms with Crippen LogP contribution in [-0.4, -0.2) is 30.3 Å². The van der Waals surface area contributed by atoms with Crippen molar-refractivity contribution in [2.24, 2.45) is 0 Å². The lowest BCUT2D eigenvalue weighted by molar-refractivity contribution is -0.129. The molecule has 0 aliphatic carbocycles.